The van der Waals surface area contributed by atoms with Crippen molar-refractivity contribution in [3.05, 3.63) is 170 Å². The zero-order valence-corrected chi connectivity index (χ0v) is 24.3. The molecule has 0 atom stereocenters. The topological polar surface area (TPSA) is 52.0 Å². The smallest absolute Gasteiger partial charge is 0.0486 e. The Morgan fingerprint density at radius 3 is 1.00 bits per heavy atom. The Morgan fingerprint density at radius 1 is 0.273 bits per heavy atom. The van der Waals surface area contributed by atoms with E-state index >= 15 is 0 Å². The highest BCUT2D eigenvalue weighted by Crippen LogP contribution is 2.55. The van der Waals surface area contributed by atoms with Crippen LogP contribution in [0.25, 0.3) is 66.8 Å². The average Bonchev–Trinajstić information content (AvgIpc) is 3.09. The van der Waals surface area contributed by atoms with E-state index in [4.69, 9.17) is 11.5 Å². The molecule has 0 aliphatic heterocycles. The maximum absolute atomic E-state index is 7.42. The fraction of sp³-hybridized carbons (Fsp3) is 0. The van der Waals surface area contributed by atoms with Crippen molar-refractivity contribution in [2.24, 2.45) is 0 Å². The molecule has 0 fully saturated rings. The minimum atomic E-state index is 0.720. The Labute approximate surface area is 258 Å². The van der Waals surface area contributed by atoms with E-state index in [0.29, 0.717) is 0 Å². The van der Waals surface area contributed by atoms with Crippen LogP contribution < -0.4 is 11.5 Å². The van der Waals surface area contributed by atoms with Gasteiger partial charge < -0.3 is 11.5 Å². The van der Waals surface area contributed by atoms with Crippen molar-refractivity contribution in [1.29, 1.82) is 0 Å². The van der Waals surface area contributed by atoms with Crippen LogP contribution in [0.5, 0.6) is 0 Å². The minimum absolute atomic E-state index is 0.720. The van der Waals surface area contributed by atoms with Gasteiger partial charge in [-0.05, 0) is 56.6 Å². The molecule has 0 amide bonds. The third kappa shape index (κ3) is 4.93. The van der Waals surface area contributed by atoms with Crippen LogP contribution in [0, 0.1) is 0 Å². The summed E-state index contributed by atoms with van der Waals surface area (Å²) in [6, 6.07) is 59.0. The molecule has 0 bridgehead atoms. The zero-order valence-electron chi connectivity index (χ0n) is 24.3. The monoisotopic (exact) mass is 564 g/mol. The molecule has 7 aromatic carbocycles. The Hall–Kier alpha value is -5.86. The highest BCUT2D eigenvalue weighted by Gasteiger charge is 2.28. The first kappa shape index (κ1) is 27.0. The molecule has 0 unspecified atom stereocenters. The van der Waals surface area contributed by atoms with E-state index in [2.05, 4.69) is 146 Å². The van der Waals surface area contributed by atoms with Crippen LogP contribution in [0.15, 0.2) is 170 Å². The summed E-state index contributed by atoms with van der Waals surface area (Å²) in [7, 11) is 0. The highest BCUT2D eigenvalue weighted by molar-refractivity contribution is 6.15. The van der Waals surface area contributed by atoms with Crippen LogP contribution >= 0.6 is 0 Å². The van der Waals surface area contributed by atoms with E-state index in [9.17, 15) is 0 Å². The van der Waals surface area contributed by atoms with Gasteiger partial charge in [0.15, 0.2) is 0 Å². The second kappa shape index (κ2) is 11.8. The molecular weight excluding hydrogens is 532 g/mol. The van der Waals surface area contributed by atoms with E-state index in [0.717, 1.165) is 78.1 Å². The lowest BCUT2D eigenvalue weighted by atomic mass is 9.76. The van der Waals surface area contributed by atoms with Gasteiger partial charge in [0.05, 0.1) is 0 Å². The van der Waals surface area contributed by atoms with E-state index < -0.39 is 0 Å². The average molecular weight is 565 g/mol. The lowest BCUT2D eigenvalue weighted by molar-refractivity contribution is 1.52. The van der Waals surface area contributed by atoms with E-state index in [1.807, 2.05) is 24.3 Å². The van der Waals surface area contributed by atoms with Crippen molar-refractivity contribution in [2.45, 2.75) is 0 Å². The highest BCUT2D eigenvalue weighted by atomic mass is 14.6. The fourth-order valence-corrected chi connectivity index (χ4v) is 6.27. The van der Waals surface area contributed by atoms with Crippen molar-refractivity contribution < 1.29 is 0 Å². The van der Waals surface area contributed by atoms with Crippen LogP contribution in [-0.2, 0) is 0 Å². The van der Waals surface area contributed by atoms with Gasteiger partial charge in [-0.25, -0.2) is 0 Å². The molecule has 0 aliphatic carbocycles. The van der Waals surface area contributed by atoms with Gasteiger partial charge in [-0.2, -0.15) is 0 Å². The molecule has 7 aromatic rings. The van der Waals surface area contributed by atoms with Crippen LogP contribution in [0.1, 0.15) is 0 Å². The molecule has 2 heteroatoms. The molecule has 0 spiro atoms. The Bertz CT molecular complexity index is 1930. The summed E-state index contributed by atoms with van der Waals surface area (Å²) in [4.78, 5) is 0. The first-order chi connectivity index (χ1) is 21.7. The number of nitrogen functional groups attached to an aromatic ring is 2. The van der Waals surface area contributed by atoms with Gasteiger partial charge in [0.2, 0.25) is 0 Å². The van der Waals surface area contributed by atoms with Gasteiger partial charge in [-0.15, -0.1) is 0 Å². The normalized spacial score (nSPS) is 10.9. The second-order valence-corrected chi connectivity index (χ2v) is 10.9. The maximum atomic E-state index is 7.42. The molecule has 0 heterocycles. The SMILES string of the molecule is Nc1ccc(-c2c(-c3ccccc3)c(-c3ccccc3)c(N)c(-c3ccccc3)c2-c2ccccc2)c(-c2ccccc2)c1. The molecule has 0 saturated heterocycles. The summed E-state index contributed by atoms with van der Waals surface area (Å²) < 4.78 is 0. The number of benzene rings is 7. The predicted molar refractivity (Wildman–Crippen MR) is 188 cm³/mol. The summed E-state index contributed by atoms with van der Waals surface area (Å²) in [5, 5.41) is 0. The first-order valence-corrected chi connectivity index (χ1v) is 14.9. The molecule has 4 N–H and O–H groups in total. The second-order valence-electron chi connectivity index (χ2n) is 10.9. The Balaban J connectivity index is 1.76. The van der Waals surface area contributed by atoms with E-state index in [1.54, 1.807) is 0 Å². The quantitative estimate of drug-likeness (QED) is 0.197. The number of rotatable bonds is 6. The van der Waals surface area contributed by atoms with Gasteiger partial charge in [0, 0.05) is 33.6 Å². The molecule has 210 valence electrons. The van der Waals surface area contributed by atoms with Gasteiger partial charge in [-0.3, -0.25) is 0 Å². The molecule has 0 aliphatic rings. The zero-order chi connectivity index (χ0) is 29.9. The number of anilines is 2. The summed E-state index contributed by atoms with van der Waals surface area (Å²) >= 11 is 0. The minimum Gasteiger partial charge on any atom is -0.399 e. The van der Waals surface area contributed by atoms with Crippen molar-refractivity contribution in [3.63, 3.8) is 0 Å². The van der Waals surface area contributed by atoms with Crippen LogP contribution in [0.3, 0.4) is 0 Å². The van der Waals surface area contributed by atoms with Crippen LogP contribution in [-0.4, -0.2) is 0 Å². The largest absolute Gasteiger partial charge is 0.399 e. The molecule has 0 radical (unpaired) electrons. The van der Waals surface area contributed by atoms with Gasteiger partial charge in [0.25, 0.3) is 0 Å². The molecule has 7 rings (SSSR count). The van der Waals surface area contributed by atoms with Gasteiger partial charge in [0.1, 0.15) is 0 Å². The standard InChI is InChI=1S/C42H32N2/c43-34-26-27-35(36(28-34)29-16-6-1-7-17-29)41-37(30-18-8-2-9-19-30)39(32-22-12-4-13-23-32)42(44)40(33-24-14-5-15-25-33)38(41)31-20-10-3-11-21-31/h1-28H,43-44H2. The molecule has 44 heavy (non-hydrogen) atoms. The third-order valence-corrected chi connectivity index (χ3v) is 8.19. The fourth-order valence-electron chi connectivity index (χ4n) is 6.27. The first-order valence-electron chi connectivity index (χ1n) is 14.9. The van der Waals surface area contributed by atoms with Crippen molar-refractivity contribution in [2.75, 3.05) is 11.5 Å². The van der Waals surface area contributed by atoms with Gasteiger partial charge in [-0.1, -0.05) is 158 Å². The predicted octanol–water partition coefficient (Wildman–Crippen LogP) is 10.9. The lowest BCUT2D eigenvalue weighted by Crippen LogP contribution is -2.04. The number of hydrogen-bond acceptors (Lipinski definition) is 2. The van der Waals surface area contributed by atoms with Crippen molar-refractivity contribution in [1.82, 2.24) is 0 Å². The number of nitrogens with two attached hydrogens (primary N) is 2. The molecule has 2 nitrogen and oxygen atoms in total. The Morgan fingerprint density at radius 2 is 0.614 bits per heavy atom. The maximum Gasteiger partial charge on any atom is 0.0486 e. The summed E-state index contributed by atoms with van der Waals surface area (Å²) in [5.41, 5.74) is 28.3. The van der Waals surface area contributed by atoms with Crippen molar-refractivity contribution >= 4 is 11.4 Å². The van der Waals surface area contributed by atoms with E-state index in [1.165, 1.54) is 0 Å². The van der Waals surface area contributed by atoms with Crippen LogP contribution in [0.2, 0.25) is 0 Å². The Kier molecular flexibility index (Phi) is 7.24. The molecule has 0 saturated carbocycles. The van der Waals surface area contributed by atoms with Crippen molar-refractivity contribution in [3.8, 4) is 66.8 Å². The lowest BCUT2D eigenvalue weighted by Gasteiger charge is -2.28. The summed E-state index contributed by atoms with van der Waals surface area (Å²) in [6.45, 7) is 0. The van der Waals surface area contributed by atoms with Gasteiger partial charge >= 0.3 is 0 Å². The molecular formula is C42H32N2. The number of hydrogen-bond donors (Lipinski definition) is 2. The summed E-state index contributed by atoms with van der Waals surface area (Å²) in [6.07, 6.45) is 0. The van der Waals surface area contributed by atoms with Crippen LogP contribution in [0.4, 0.5) is 11.4 Å². The summed E-state index contributed by atoms with van der Waals surface area (Å²) in [5.74, 6) is 0. The molecule has 0 aromatic heterocycles. The van der Waals surface area contributed by atoms with E-state index in [-0.39, 0.29) is 0 Å². The third-order valence-electron chi connectivity index (χ3n) is 8.19.